The maximum absolute atomic E-state index is 11.4. The van der Waals surface area contributed by atoms with Crippen LogP contribution in [0.4, 0.5) is 0 Å². The summed E-state index contributed by atoms with van der Waals surface area (Å²) >= 11 is 0. The van der Waals surface area contributed by atoms with Gasteiger partial charge < -0.3 is 19.9 Å². The molecule has 3 aliphatic rings. The highest BCUT2D eigenvalue weighted by atomic mass is 16.6. The molecule has 3 fully saturated rings. The van der Waals surface area contributed by atoms with Crippen molar-refractivity contribution in [3.63, 3.8) is 0 Å². The molecular weight excluding hydrogens is 294 g/mol. The minimum Gasteiger partial charge on any atom is -0.381 e. The molecule has 5 heteroatoms. The number of allylic oxidation sites excluding steroid dienone is 1. The van der Waals surface area contributed by atoms with Crippen LogP contribution < -0.4 is 5.73 Å². The minimum atomic E-state index is -0.258. The van der Waals surface area contributed by atoms with Gasteiger partial charge in [0.05, 0.1) is 24.4 Å². The van der Waals surface area contributed by atoms with Gasteiger partial charge in [-0.25, -0.2) is 0 Å². The van der Waals surface area contributed by atoms with Crippen molar-refractivity contribution in [2.24, 2.45) is 17.6 Å². The van der Waals surface area contributed by atoms with Crippen molar-refractivity contribution in [1.82, 2.24) is 0 Å². The highest BCUT2D eigenvalue weighted by Gasteiger charge is 2.71. The normalized spacial score (nSPS) is 44.9. The third-order valence-corrected chi connectivity index (χ3v) is 5.88. The molecule has 0 radical (unpaired) electrons. The van der Waals surface area contributed by atoms with Gasteiger partial charge in [-0.3, -0.25) is 4.79 Å². The summed E-state index contributed by atoms with van der Waals surface area (Å²) in [5.41, 5.74) is 6.38. The van der Waals surface area contributed by atoms with Crippen LogP contribution in [-0.2, 0) is 19.0 Å². The lowest BCUT2D eigenvalue weighted by atomic mass is 9.65. The van der Waals surface area contributed by atoms with Gasteiger partial charge in [0.15, 0.2) is 0 Å². The average Bonchev–Trinajstić information content (AvgIpc) is 3.37. The van der Waals surface area contributed by atoms with E-state index in [1.54, 1.807) is 7.11 Å². The number of epoxide rings is 2. The second-order valence-electron chi connectivity index (χ2n) is 7.81. The Hall–Kier alpha value is -0.910. The largest absolute Gasteiger partial charge is 0.381 e. The molecule has 1 amide bonds. The highest BCUT2D eigenvalue weighted by Crippen LogP contribution is 2.60. The fourth-order valence-corrected chi connectivity index (χ4v) is 4.56. The van der Waals surface area contributed by atoms with Crippen molar-refractivity contribution >= 4 is 5.91 Å². The predicted molar refractivity (Wildman–Crippen MR) is 86.8 cm³/mol. The Morgan fingerprint density at radius 2 is 2.13 bits per heavy atom. The number of methoxy groups -OCH3 is 1. The van der Waals surface area contributed by atoms with E-state index < -0.39 is 0 Å². The number of primary amides is 1. The Morgan fingerprint density at radius 3 is 2.65 bits per heavy atom. The number of carbonyl (C=O) groups excluding carboxylic acids is 1. The van der Waals surface area contributed by atoms with Gasteiger partial charge in [-0.15, -0.1) is 0 Å². The molecule has 130 valence electrons. The first-order valence-electron chi connectivity index (χ1n) is 8.58. The van der Waals surface area contributed by atoms with Gasteiger partial charge in [0.25, 0.3) is 0 Å². The SMILES string of the molecule is CO[C@@H]1C(CC(N)=O)CC[C@]2(CO2)[C@H]1[C@@]1(C)O[C@@H]1CC=C(C)C. The van der Waals surface area contributed by atoms with Crippen molar-refractivity contribution in [2.75, 3.05) is 13.7 Å². The lowest BCUT2D eigenvalue weighted by molar-refractivity contribution is -0.125. The monoisotopic (exact) mass is 323 g/mol. The molecule has 0 bridgehead atoms. The summed E-state index contributed by atoms with van der Waals surface area (Å²) in [7, 11) is 1.73. The molecule has 23 heavy (non-hydrogen) atoms. The summed E-state index contributed by atoms with van der Waals surface area (Å²) in [4.78, 5) is 11.4. The van der Waals surface area contributed by atoms with Gasteiger partial charge in [-0.05, 0) is 46.0 Å². The molecule has 2 aliphatic heterocycles. The molecule has 1 saturated carbocycles. The zero-order valence-electron chi connectivity index (χ0n) is 14.6. The molecule has 1 unspecified atom stereocenters. The second kappa shape index (κ2) is 5.87. The Bertz CT molecular complexity index is 509. The van der Waals surface area contributed by atoms with E-state index in [9.17, 15) is 4.79 Å². The number of hydrogen-bond donors (Lipinski definition) is 1. The van der Waals surface area contributed by atoms with Gasteiger partial charge in [0.2, 0.25) is 5.91 Å². The van der Waals surface area contributed by atoms with E-state index in [4.69, 9.17) is 19.9 Å². The Labute approximate surface area is 138 Å². The number of nitrogens with two attached hydrogens (primary N) is 1. The van der Waals surface area contributed by atoms with Crippen molar-refractivity contribution in [1.29, 1.82) is 0 Å². The average molecular weight is 323 g/mol. The van der Waals surface area contributed by atoms with Gasteiger partial charge in [0, 0.05) is 19.4 Å². The van der Waals surface area contributed by atoms with Crippen molar-refractivity contribution in [3.8, 4) is 0 Å². The summed E-state index contributed by atoms with van der Waals surface area (Å²) < 4.78 is 17.9. The quantitative estimate of drug-likeness (QED) is 0.600. The number of ether oxygens (including phenoxy) is 3. The fourth-order valence-electron chi connectivity index (χ4n) is 4.56. The van der Waals surface area contributed by atoms with E-state index in [1.165, 1.54) is 5.57 Å². The Balaban J connectivity index is 1.79. The molecule has 1 spiro atoms. The van der Waals surface area contributed by atoms with Crippen LogP contribution in [0.3, 0.4) is 0 Å². The van der Waals surface area contributed by atoms with Gasteiger partial charge in [0.1, 0.15) is 5.60 Å². The molecule has 2 saturated heterocycles. The standard InChI is InChI=1S/C18H29NO4/c1-11(2)5-6-13-17(3,23-13)16-15(21-4)12(9-14(19)20)7-8-18(16)10-22-18/h5,12-13,15-16H,6-10H2,1-4H3,(H2,19,20)/t12?,13-,15-,16-,17+,18+/m1/s1. The first-order valence-corrected chi connectivity index (χ1v) is 8.58. The number of hydrogen-bond acceptors (Lipinski definition) is 4. The maximum Gasteiger partial charge on any atom is 0.217 e. The van der Waals surface area contributed by atoms with Gasteiger partial charge >= 0.3 is 0 Å². The van der Waals surface area contributed by atoms with E-state index in [0.717, 1.165) is 25.9 Å². The third kappa shape index (κ3) is 3.06. The Morgan fingerprint density at radius 1 is 1.43 bits per heavy atom. The van der Waals surface area contributed by atoms with Crippen LogP contribution in [0.2, 0.25) is 0 Å². The predicted octanol–water partition coefficient (Wildman–Crippen LogP) is 2.19. The van der Waals surface area contributed by atoms with Crippen molar-refractivity contribution < 1.29 is 19.0 Å². The summed E-state index contributed by atoms with van der Waals surface area (Å²) in [5, 5.41) is 0. The Kier molecular flexibility index (Phi) is 4.32. The number of carbonyl (C=O) groups is 1. The molecule has 1 aliphatic carbocycles. The molecule has 0 aromatic rings. The molecule has 2 heterocycles. The number of amides is 1. The molecule has 0 aromatic carbocycles. The van der Waals surface area contributed by atoms with Crippen LogP contribution in [0.25, 0.3) is 0 Å². The van der Waals surface area contributed by atoms with E-state index in [-0.39, 0.29) is 41.2 Å². The van der Waals surface area contributed by atoms with E-state index >= 15 is 0 Å². The van der Waals surface area contributed by atoms with E-state index in [0.29, 0.717) is 6.42 Å². The second-order valence-corrected chi connectivity index (χ2v) is 7.81. The summed E-state index contributed by atoms with van der Waals surface area (Å²) in [6.45, 7) is 7.15. The van der Waals surface area contributed by atoms with Crippen LogP contribution >= 0.6 is 0 Å². The molecule has 3 rings (SSSR count). The number of rotatable bonds is 6. The first kappa shape index (κ1) is 16.9. The fraction of sp³-hybridized carbons (Fsp3) is 0.833. The lowest BCUT2D eigenvalue weighted by Gasteiger charge is -2.43. The van der Waals surface area contributed by atoms with Crippen molar-refractivity contribution in [3.05, 3.63) is 11.6 Å². The van der Waals surface area contributed by atoms with Gasteiger partial charge in [-0.2, -0.15) is 0 Å². The maximum atomic E-state index is 11.4. The first-order chi connectivity index (χ1) is 10.8. The topological polar surface area (TPSA) is 77.4 Å². The summed E-state index contributed by atoms with van der Waals surface area (Å²) in [6.07, 6.45) is 5.56. The van der Waals surface area contributed by atoms with Crippen LogP contribution in [0, 0.1) is 11.8 Å². The smallest absolute Gasteiger partial charge is 0.217 e. The van der Waals surface area contributed by atoms with Crippen LogP contribution in [0.1, 0.15) is 46.5 Å². The molecular formula is C18H29NO4. The summed E-state index contributed by atoms with van der Waals surface area (Å²) in [6, 6.07) is 0. The molecule has 0 aromatic heterocycles. The van der Waals surface area contributed by atoms with Crippen molar-refractivity contribution in [2.45, 2.75) is 69.9 Å². The molecule has 6 atom stereocenters. The molecule has 2 N–H and O–H groups in total. The van der Waals surface area contributed by atoms with Crippen LogP contribution in [-0.4, -0.2) is 43.0 Å². The van der Waals surface area contributed by atoms with E-state index in [1.807, 2.05) is 0 Å². The zero-order valence-corrected chi connectivity index (χ0v) is 14.6. The summed E-state index contributed by atoms with van der Waals surface area (Å²) in [5.74, 6) is 0.0579. The van der Waals surface area contributed by atoms with Gasteiger partial charge in [-0.1, -0.05) is 11.6 Å². The van der Waals surface area contributed by atoms with Crippen LogP contribution in [0.15, 0.2) is 11.6 Å². The molecule has 5 nitrogen and oxygen atoms in total. The zero-order chi connectivity index (χ0) is 16.8. The van der Waals surface area contributed by atoms with Crippen LogP contribution in [0.5, 0.6) is 0 Å². The third-order valence-electron chi connectivity index (χ3n) is 5.88. The lowest BCUT2D eigenvalue weighted by Crippen LogP contribution is -2.53. The highest BCUT2D eigenvalue weighted by molar-refractivity contribution is 5.74. The van der Waals surface area contributed by atoms with E-state index in [2.05, 4.69) is 26.8 Å². The minimum absolute atomic E-state index is 0.0412.